The predicted octanol–water partition coefficient (Wildman–Crippen LogP) is 3.44. The lowest BCUT2D eigenvalue weighted by molar-refractivity contribution is -0.385. The molecule has 138 valence electrons. The first-order chi connectivity index (χ1) is 13.0. The van der Waals surface area contributed by atoms with E-state index in [-0.39, 0.29) is 17.0 Å². The van der Waals surface area contributed by atoms with Crippen LogP contribution in [0.25, 0.3) is 10.9 Å². The number of ether oxygens (including phenoxy) is 1. The number of aryl methyl sites for hydroxylation is 1. The number of nitro groups is 1. The van der Waals surface area contributed by atoms with E-state index in [1.165, 1.54) is 30.6 Å². The van der Waals surface area contributed by atoms with Crippen LogP contribution in [0.5, 0.6) is 0 Å². The second-order valence-electron chi connectivity index (χ2n) is 6.10. The van der Waals surface area contributed by atoms with Crippen LogP contribution in [0.2, 0.25) is 0 Å². The summed E-state index contributed by atoms with van der Waals surface area (Å²) in [5.74, 6) is -0.357. The molecule has 0 fully saturated rings. The Labute approximate surface area is 157 Å². The maximum absolute atomic E-state index is 13.1. The molecule has 0 atom stereocenters. The minimum absolute atomic E-state index is 0.168. The van der Waals surface area contributed by atoms with E-state index < -0.39 is 10.9 Å². The van der Waals surface area contributed by atoms with Crippen LogP contribution in [0.4, 0.5) is 11.5 Å². The molecular weight excluding hydrogens is 370 g/mol. The van der Waals surface area contributed by atoms with Crippen LogP contribution in [-0.4, -0.2) is 34.9 Å². The number of methoxy groups -OCH3 is 1. The molecule has 3 heterocycles. The van der Waals surface area contributed by atoms with Crippen LogP contribution in [0, 0.1) is 10.1 Å². The maximum atomic E-state index is 13.1. The van der Waals surface area contributed by atoms with Crippen LogP contribution in [0.3, 0.4) is 0 Å². The molecule has 0 bridgehead atoms. The standard InChI is InChI=1S/C18H15N3O5S/c1-26-18(23)11-8-10-12(9-13(11)21(24)25)20-6-3-5-19-17(20)15(10)16(22)14-4-2-7-27-14/h2,4,7-9,19H,3,5-6H2,1H3. The zero-order chi connectivity index (χ0) is 19.1. The third-order valence-electron chi connectivity index (χ3n) is 4.61. The third kappa shape index (κ3) is 2.67. The highest BCUT2D eigenvalue weighted by Gasteiger charge is 2.30. The van der Waals surface area contributed by atoms with Crippen LogP contribution in [-0.2, 0) is 11.3 Å². The van der Waals surface area contributed by atoms with E-state index in [0.717, 1.165) is 6.42 Å². The van der Waals surface area contributed by atoms with Gasteiger partial charge in [-0.05, 0) is 23.9 Å². The molecule has 4 rings (SSSR count). The van der Waals surface area contributed by atoms with Crippen LogP contribution < -0.4 is 5.32 Å². The highest BCUT2D eigenvalue weighted by atomic mass is 32.1. The van der Waals surface area contributed by atoms with E-state index in [2.05, 4.69) is 5.32 Å². The van der Waals surface area contributed by atoms with Crippen LogP contribution >= 0.6 is 11.3 Å². The zero-order valence-electron chi connectivity index (χ0n) is 14.4. The summed E-state index contributed by atoms with van der Waals surface area (Å²) in [6, 6.07) is 6.27. The minimum atomic E-state index is -0.810. The summed E-state index contributed by atoms with van der Waals surface area (Å²) >= 11 is 1.33. The number of nitrogens with one attached hydrogen (secondary N) is 1. The van der Waals surface area contributed by atoms with E-state index in [9.17, 15) is 19.7 Å². The summed E-state index contributed by atoms with van der Waals surface area (Å²) in [7, 11) is 1.17. The van der Waals surface area contributed by atoms with Gasteiger partial charge in [0.15, 0.2) is 0 Å². The molecule has 1 aromatic carbocycles. The summed E-state index contributed by atoms with van der Waals surface area (Å²) in [5, 5.41) is 17.0. The van der Waals surface area contributed by atoms with Crippen molar-refractivity contribution < 1.29 is 19.2 Å². The number of esters is 1. The van der Waals surface area contributed by atoms with Crippen molar-refractivity contribution in [1.29, 1.82) is 0 Å². The van der Waals surface area contributed by atoms with Gasteiger partial charge in [0.25, 0.3) is 5.69 Å². The fraction of sp³-hybridized carbons (Fsp3) is 0.222. The number of nitrogens with zero attached hydrogens (tertiary/aromatic N) is 2. The Hall–Kier alpha value is -3.20. The number of hydrogen-bond acceptors (Lipinski definition) is 7. The van der Waals surface area contributed by atoms with Crippen molar-refractivity contribution in [3.05, 3.63) is 55.8 Å². The third-order valence-corrected chi connectivity index (χ3v) is 5.47. The van der Waals surface area contributed by atoms with Gasteiger partial charge in [-0.1, -0.05) is 6.07 Å². The number of ketones is 1. The zero-order valence-corrected chi connectivity index (χ0v) is 15.2. The molecule has 1 aliphatic rings. The van der Waals surface area contributed by atoms with Crippen molar-refractivity contribution in [3.63, 3.8) is 0 Å². The Morgan fingerprint density at radius 1 is 1.37 bits per heavy atom. The molecule has 2 aromatic heterocycles. The number of hydrogen-bond donors (Lipinski definition) is 1. The summed E-state index contributed by atoms with van der Waals surface area (Å²) < 4.78 is 6.57. The van der Waals surface area contributed by atoms with Gasteiger partial charge in [0, 0.05) is 24.5 Å². The number of aromatic nitrogens is 1. The second kappa shape index (κ2) is 6.51. The number of carbonyl (C=O) groups excluding carboxylic acids is 2. The lowest BCUT2D eigenvalue weighted by Gasteiger charge is -2.18. The summed E-state index contributed by atoms with van der Waals surface area (Å²) in [6.07, 6.45) is 0.829. The highest BCUT2D eigenvalue weighted by molar-refractivity contribution is 7.12. The number of nitro benzene ring substituents is 1. The molecular formula is C18H15N3O5S. The topological polar surface area (TPSA) is 103 Å². The highest BCUT2D eigenvalue weighted by Crippen LogP contribution is 2.38. The van der Waals surface area contributed by atoms with Crippen molar-refractivity contribution in [2.45, 2.75) is 13.0 Å². The minimum Gasteiger partial charge on any atom is -0.465 e. The fourth-order valence-corrected chi connectivity index (χ4v) is 4.10. The largest absolute Gasteiger partial charge is 0.465 e. The second-order valence-corrected chi connectivity index (χ2v) is 7.04. The van der Waals surface area contributed by atoms with Gasteiger partial charge in [0.1, 0.15) is 11.4 Å². The van der Waals surface area contributed by atoms with Gasteiger partial charge >= 0.3 is 5.97 Å². The molecule has 0 radical (unpaired) electrons. The van der Waals surface area contributed by atoms with Crippen molar-refractivity contribution >= 4 is 45.5 Å². The number of thiophene rings is 1. The lowest BCUT2D eigenvalue weighted by atomic mass is 10.0. The van der Waals surface area contributed by atoms with Gasteiger partial charge in [-0.2, -0.15) is 0 Å². The molecule has 0 saturated heterocycles. The fourth-order valence-electron chi connectivity index (χ4n) is 3.43. The van der Waals surface area contributed by atoms with Gasteiger partial charge in [0.05, 0.1) is 28.0 Å². The first-order valence-electron chi connectivity index (χ1n) is 8.28. The molecule has 3 aromatic rings. The average Bonchev–Trinajstić information content (AvgIpc) is 3.32. The summed E-state index contributed by atoms with van der Waals surface area (Å²) in [5.41, 5.74) is 0.470. The van der Waals surface area contributed by atoms with E-state index >= 15 is 0 Å². The van der Waals surface area contributed by atoms with E-state index in [0.29, 0.717) is 40.3 Å². The first kappa shape index (κ1) is 17.2. The molecule has 1 aliphatic heterocycles. The smallest absolute Gasteiger partial charge is 0.344 e. The molecule has 0 amide bonds. The van der Waals surface area contributed by atoms with Gasteiger partial charge in [-0.3, -0.25) is 14.9 Å². The Kier molecular flexibility index (Phi) is 4.15. The van der Waals surface area contributed by atoms with Crippen molar-refractivity contribution in [2.24, 2.45) is 0 Å². The molecule has 0 saturated carbocycles. The number of anilines is 1. The van der Waals surface area contributed by atoms with Crippen molar-refractivity contribution in [1.82, 2.24) is 4.57 Å². The molecule has 9 heteroatoms. The summed E-state index contributed by atoms with van der Waals surface area (Å²) in [6.45, 7) is 1.33. The van der Waals surface area contributed by atoms with E-state index in [1.807, 2.05) is 9.95 Å². The van der Waals surface area contributed by atoms with Crippen molar-refractivity contribution in [3.8, 4) is 0 Å². The number of benzene rings is 1. The van der Waals surface area contributed by atoms with Gasteiger partial charge < -0.3 is 14.6 Å². The predicted molar refractivity (Wildman–Crippen MR) is 101 cm³/mol. The van der Waals surface area contributed by atoms with Gasteiger partial charge in [-0.15, -0.1) is 11.3 Å². The molecule has 0 spiro atoms. The van der Waals surface area contributed by atoms with Crippen LogP contribution in [0.15, 0.2) is 29.6 Å². The SMILES string of the molecule is COC(=O)c1cc2c(C(=O)c3cccs3)c3n(c2cc1[N+](=O)[O-])CCCN3. The summed E-state index contributed by atoms with van der Waals surface area (Å²) in [4.78, 5) is 36.7. The molecule has 8 nitrogen and oxygen atoms in total. The Bertz CT molecular complexity index is 1080. The molecule has 0 aliphatic carbocycles. The van der Waals surface area contributed by atoms with Crippen LogP contribution in [0.1, 0.15) is 32.0 Å². The Balaban J connectivity index is 2.06. The Morgan fingerprint density at radius 2 is 2.19 bits per heavy atom. The quantitative estimate of drug-likeness (QED) is 0.319. The Morgan fingerprint density at radius 3 is 2.85 bits per heavy atom. The molecule has 27 heavy (non-hydrogen) atoms. The monoisotopic (exact) mass is 385 g/mol. The lowest BCUT2D eigenvalue weighted by Crippen LogP contribution is -2.18. The number of rotatable bonds is 4. The van der Waals surface area contributed by atoms with Crippen molar-refractivity contribution in [2.75, 3.05) is 19.0 Å². The van der Waals surface area contributed by atoms with E-state index in [1.54, 1.807) is 12.1 Å². The normalized spacial score (nSPS) is 13.1. The molecule has 1 N–H and O–H groups in total. The number of fused-ring (bicyclic) bond motifs is 3. The van der Waals surface area contributed by atoms with Gasteiger partial charge in [0.2, 0.25) is 5.78 Å². The van der Waals surface area contributed by atoms with E-state index in [4.69, 9.17) is 4.74 Å². The number of carbonyl (C=O) groups is 2. The van der Waals surface area contributed by atoms with Gasteiger partial charge in [-0.25, -0.2) is 4.79 Å². The molecule has 0 unspecified atom stereocenters. The maximum Gasteiger partial charge on any atom is 0.344 e. The average molecular weight is 385 g/mol. The first-order valence-corrected chi connectivity index (χ1v) is 9.16.